The number of hydrogen-bond acceptors (Lipinski definition) is 2. The fourth-order valence-corrected chi connectivity index (χ4v) is 4.79. The number of aliphatic hydroxyl groups excluding tert-OH is 1. The minimum atomic E-state index is -0.125. The van der Waals surface area contributed by atoms with Crippen molar-refractivity contribution in [2.75, 3.05) is 0 Å². The summed E-state index contributed by atoms with van der Waals surface area (Å²) >= 11 is 0. The summed E-state index contributed by atoms with van der Waals surface area (Å²) in [6.07, 6.45) is 3.99. The molecule has 4 aliphatic carbocycles. The third kappa shape index (κ3) is 1.57. The monoisotopic (exact) mass is 257 g/mol. The number of amides is 1. The van der Waals surface area contributed by atoms with Crippen LogP contribution in [-0.2, 0) is 0 Å². The molecule has 3 nitrogen and oxygen atoms in total. The quantitative estimate of drug-likeness (QED) is 0.851. The molecule has 5 rings (SSSR count). The minimum absolute atomic E-state index is 0.0263. The van der Waals surface area contributed by atoms with Gasteiger partial charge in [-0.15, -0.1) is 0 Å². The molecule has 2 atom stereocenters. The summed E-state index contributed by atoms with van der Waals surface area (Å²) < 4.78 is 0. The molecule has 100 valence electrons. The zero-order valence-corrected chi connectivity index (χ0v) is 10.9. The fraction of sp³-hybridized carbons (Fsp3) is 0.562. The van der Waals surface area contributed by atoms with Crippen molar-refractivity contribution in [1.82, 2.24) is 5.32 Å². The van der Waals surface area contributed by atoms with E-state index in [1.54, 1.807) is 0 Å². The zero-order valence-electron chi connectivity index (χ0n) is 10.9. The lowest BCUT2D eigenvalue weighted by molar-refractivity contribution is 0.0150. The highest BCUT2D eigenvalue weighted by Gasteiger charge is 2.61. The van der Waals surface area contributed by atoms with Crippen molar-refractivity contribution in [3.63, 3.8) is 0 Å². The Morgan fingerprint density at radius 1 is 1.16 bits per heavy atom. The highest BCUT2D eigenvalue weighted by Crippen LogP contribution is 2.60. The van der Waals surface area contributed by atoms with E-state index < -0.39 is 0 Å². The van der Waals surface area contributed by atoms with Crippen molar-refractivity contribution in [2.24, 2.45) is 17.8 Å². The summed E-state index contributed by atoms with van der Waals surface area (Å²) in [6, 6.07) is 9.44. The smallest absolute Gasteiger partial charge is 0.251 e. The van der Waals surface area contributed by atoms with Gasteiger partial charge in [-0.05, 0) is 55.6 Å². The molecule has 1 aromatic carbocycles. The van der Waals surface area contributed by atoms with Crippen LogP contribution in [-0.4, -0.2) is 22.7 Å². The van der Waals surface area contributed by atoms with Gasteiger partial charge in [-0.25, -0.2) is 0 Å². The van der Waals surface area contributed by atoms with Crippen LogP contribution >= 0.6 is 0 Å². The second-order valence-corrected chi connectivity index (χ2v) is 6.56. The number of carbonyl (C=O) groups is 1. The summed E-state index contributed by atoms with van der Waals surface area (Å²) in [5.74, 6) is 1.45. The molecule has 0 aromatic heterocycles. The predicted octanol–water partition coefficient (Wildman–Crippen LogP) is 1.97. The van der Waals surface area contributed by atoms with Gasteiger partial charge in [0.05, 0.1) is 6.10 Å². The van der Waals surface area contributed by atoms with Crippen molar-refractivity contribution in [1.29, 1.82) is 0 Å². The Balaban J connectivity index is 1.57. The van der Waals surface area contributed by atoms with Crippen LogP contribution in [0.15, 0.2) is 30.3 Å². The van der Waals surface area contributed by atoms with Gasteiger partial charge in [-0.2, -0.15) is 0 Å². The topological polar surface area (TPSA) is 49.3 Å². The highest BCUT2D eigenvalue weighted by molar-refractivity contribution is 5.94. The largest absolute Gasteiger partial charge is 0.393 e. The van der Waals surface area contributed by atoms with Crippen molar-refractivity contribution in [3.05, 3.63) is 35.9 Å². The van der Waals surface area contributed by atoms with E-state index in [4.69, 9.17) is 0 Å². The maximum atomic E-state index is 12.4. The van der Waals surface area contributed by atoms with Crippen LogP contribution < -0.4 is 5.32 Å². The van der Waals surface area contributed by atoms with Gasteiger partial charge in [0.1, 0.15) is 0 Å². The predicted molar refractivity (Wildman–Crippen MR) is 71.6 cm³/mol. The molecule has 2 N–H and O–H groups in total. The van der Waals surface area contributed by atoms with E-state index in [0.717, 1.165) is 31.2 Å². The van der Waals surface area contributed by atoms with Gasteiger partial charge in [0.15, 0.2) is 0 Å². The summed E-state index contributed by atoms with van der Waals surface area (Å²) in [5, 5.41) is 13.5. The SMILES string of the molecule is O=C(NC12CC3CC1CC(C2)C3O)c1ccccc1. The van der Waals surface area contributed by atoms with Crippen LogP contribution in [0.4, 0.5) is 0 Å². The van der Waals surface area contributed by atoms with Gasteiger partial charge in [0.2, 0.25) is 0 Å². The third-order valence-corrected chi connectivity index (χ3v) is 5.57. The third-order valence-electron chi connectivity index (χ3n) is 5.57. The summed E-state index contributed by atoms with van der Waals surface area (Å²) in [6.45, 7) is 0. The van der Waals surface area contributed by atoms with Crippen LogP contribution in [0.1, 0.15) is 36.0 Å². The van der Waals surface area contributed by atoms with E-state index in [1.807, 2.05) is 30.3 Å². The molecule has 4 aliphatic rings. The van der Waals surface area contributed by atoms with E-state index in [0.29, 0.717) is 17.8 Å². The minimum Gasteiger partial charge on any atom is -0.393 e. The number of benzene rings is 1. The maximum Gasteiger partial charge on any atom is 0.251 e. The molecule has 1 aromatic rings. The van der Waals surface area contributed by atoms with Gasteiger partial charge in [0, 0.05) is 11.1 Å². The molecule has 0 spiro atoms. The maximum absolute atomic E-state index is 12.4. The van der Waals surface area contributed by atoms with E-state index in [1.165, 1.54) is 0 Å². The first-order chi connectivity index (χ1) is 9.18. The van der Waals surface area contributed by atoms with Gasteiger partial charge in [0.25, 0.3) is 5.91 Å². The van der Waals surface area contributed by atoms with Crippen LogP contribution in [0.5, 0.6) is 0 Å². The zero-order chi connectivity index (χ0) is 13.0. The molecule has 1 amide bonds. The lowest BCUT2D eigenvalue weighted by Crippen LogP contribution is -2.50. The molecule has 4 fully saturated rings. The standard InChI is InChI=1S/C16H19NO2/c18-14-11-6-13-7-12(14)9-16(13,8-11)17-15(19)10-4-2-1-3-5-10/h1-5,11-14,18H,6-9H2,(H,17,19). The van der Waals surface area contributed by atoms with Crippen molar-refractivity contribution in [3.8, 4) is 0 Å². The Morgan fingerprint density at radius 3 is 2.42 bits per heavy atom. The average Bonchev–Trinajstić information content (AvgIpc) is 2.86. The normalized spacial score (nSPS) is 42.6. The highest BCUT2D eigenvalue weighted by atomic mass is 16.3. The fourth-order valence-electron chi connectivity index (χ4n) is 4.79. The molecule has 3 heteroatoms. The lowest BCUT2D eigenvalue weighted by atomic mass is 9.78. The first-order valence-corrected chi connectivity index (χ1v) is 7.23. The van der Waals surface area contributed by atoms with Crippen molar-refractivity contribution >= 4 is 5.91 Å². The molecule has 4 saturated carbocycles. The Labute approximate surface area is 113 Å². The van der Waals surface area contributed by atoms with Crippen molar-refractivity contribution < 1.29 is 9.90 Å². The van der Waals surface area contributed by atoms with Gasteiger partial charge in [-0.1, -0.05) is 18.2 Å². The van der Waals surface area contributed by atoms with Gasteiger partial charge < -0.3 is 10.4 Å². The molecule has 0 heterocycles. The molecule has 0 aliphatic heterocycles. The molecule has 19 heavy (non-hydrogen) atoms. The van der Waals surface area contributed by atoms with Crippen LogP contribution in [0.2, 0.25) is 0 Å². The molecule has 0 saturated heterocycles. The Hall–Kier alpha value is -1.35. The number of rotatable bonds is 2. The number of nitrogens with one attached hydrogen (secondary N) is 1. The molecule has 0 radical (unpaired) electrons. The van der Waals surface area contributed by atoms with Gasteiger partial charge in [-0.3, -0.25) is 4.79 Å². The second-order valence-electron chi connectivity index (χ2n) is 6.56. The van der Waals surface area contributed by atoms with E-state index in [-0.39, 0.29) is 17.6 Å². The summed E-state index contributed by atoms with van der Waals surface area (Å²) in [5.41, 5.74) is 0.713. The van der Waals surface area contributed by atoms with E-state index in [9.17, 15) is 9.90 Å². The second kappa shape index (κ2) is 3.83. The Kier molecular flexibility index (Phi) is 2.31. The number of aliphatic hydroxyl groups is 1. The van der Waals surface area contributed by atoms with Crippen LogP contribution in [0.3, 0.4) is 0 Å². The number of carbonyl (C=O) groups excluding carboxylic acids is 1. The molecule has 4 bridgehead atoms. The molecule has 2 unspecified atom stereocenters. The van der Waals surface area contributed by atoms with Crippen molar-refractivity contribution in [2.45, 2.75) is 37.3 Å². The average molecular weight is 257 g/mol. The van der Waals surface area contributed by atoms with Crippen LogP contribution in [0, 0.1) is 17.8 Å². The molecular weight excluding hydrogens is 238 g/mol. The van der Waals surface area contributed by atoms with E-state index in [2.05, 4.69) is 5.32 Å². The summed E-state index contributed by atoms with van der Waals surface area (Å²) in [7, 11) is 0. The van der Waals surface area contributed by atoms with Gasteiger partial charge >= 0.3 is 0 Å². The Bertz CT molecular complexity index is 497. The number of hydrogen-bond donors (Lipinski definition) is 2. The first kappa shape index (κ1) is 11.5. The first-order valence-electron chi connectivity index (χ1n) is 7.23. The Morgan fingerprint density at radius 2 is 1.79 bits per heavy atom. The molecular formula is C16H19NO2. The van der Waals surface area contributed by atoms with Crippen LogP contribution in [0.25, 0.3) is 0 Å². The lowest BCUT2D eigenvalue weighted by Gasteiger charge is -2.36. The summed E-state index contributed by atoms with van der Waals surface area (Å²) in [4.78, 5) is 12.4. The van der Waals surface area contributed by atoms with E-state index >= 15 is 0 Å².